The molecular weight excluding hydrogens is 370 g/mol. The monoisotopic (exact) mass is 387 g/mol. The van der Waals surface area contributed by atoms with Crippen LogP contribution in [0.5, 0.6) is 11.5 Å². The maximum atomic E-state index is 12.7. The van der Waals surface area contributed by atoms with E-state index in [0.717, 1.165) is 5.56 Å². The molecule has 0 fully saturated rings. The fourth-order valence-corrected chi connectivity index (χ4v) is 2.81. The number of benzene rings is 2. The Labute approximate surface area is 160 Å². The van der Waals surface area contributed by atoms with Gasteiger partial charge in [-0.2, -0.15) is 4.98 Å². The second-order valence-electron chi connectivity index (χ2n) is 5.86. The van der Waals surface area contributed by atoms with Crippen LogP contribution in [-0.4, -0.2) is 34.4 Å². The van der Waals surface area contributed by atoms with Crippen molar-refractivity contribution in [1.82, 2.24) is 14.3 Å². The molecule has 3 aromatic rings. The minimum absolute atomic E-state index is 0.181. The zero-order chi connectivity index (χ0) is 19.6. The van der Waals surface area contributed by atoms with E-state index in [0.29, 0.717) is 27.8 Å². The minimum atomic E-state index is -0.527. The standard InChI is InChI=1S/C19H18ClN3O4/c1-12-4-6-14(9-15(12)20)23-11-21-19(25)22(23)10-16(24)13-5-7-17(26-2)18(8-13)27-3/h4-9,11H,10H2,1-3H3. The molecule has 8 heteroatoms. The lowest BCUT2D eigenvalue weighted by Crippen LogP contribution is -2.27. The Bertz CT molecular complexity index is 1060. The van der Waals surface area contributed by atoms with Crippen LogP contribution in [0.1, 0.15) is 15.9 Å². The highest BCUT2D eigenvalue weighted by Crippen LogP contribution is 2.28. The van der Waals surface area contributed by atoms with Gasteiger partial charge in [0.15, 0.2) is 17.3 Å². The van der Waals surface area contributed by atoms with E-state index in [9.17, 15) is 9.59 Å². The van der Waals surface area contributed by atoms with Gasteiger partial charge >= 0.3 is 5.69 Å². The van der Waals surface area contributed by atoms with Crippen molar-refractivity contribution >= 4 is 17.4 Å². The van der Waals surface area contributed by atoms with Crippen LogP contribution in [0.25, 0.3) is 5.69 Å². The third-order valence-electron chi connectivity index (χ3n) is 4.18. The van der Waals surface area contributed by atoms with Crippen LogP contribution in [0.3, 0.4) is 0 Å². The number of Topliss-reactive ketones (excluding diaryl/α,β-unsaturated/α-hetero) is 1. The molecule has 0 N–H and O–H groups in total. The van der Waals surface area contributed by atoms with Crippen molar-refractivity contribution < 1.29 is 14.3 Å². The highest BCUT2D eigenvalue weighted by Gasteiger charge is 2.15. The largest absolute Gasteiger partial charge is 0.493 e. The van der Waals surface area contributed by atoms with Crippen molar-refractivity contribution in [1.29, 1.82) is 0 Å². The molecule has 0 unspecified atom stereocenters. The van der Waals surface area contributed by atoms with Gasteiger partial charge in [0.25, 0.3) is 0 Å². The summed E-state index contributed by atoms with van der Waals surface area (Å²) in [5.74, 6) is 0.693. The molecule has 27 heavy (non-hydrogen) atoms. The zero-order valence-corrected chi connectivity index (χ0v) is 15.9. The van der Waals surface area contributed by atoms with E-state index < -0.39 is 5.69 Å². The maximum Gasteiger partial charge on any atom is 0.364 e. The van der Waals surface area contributed by atoms with Crippen LogP contribution in [0.15, 0.2) is 47.5 Å². The molecule has 0 radical (unpaired) electrons. The first-order valence-corrected chi connectivity index (χ1v) is 8.48. The predicted molar refractivity (Wildman–Crippen MR) is 101 cm³/mol. The number of aromatic nitrogens is 3. The third-order valence-corrected chi connectivity index (χ3v) is 4.58. The predicted octanol–water partition coefficient (Wildman–Crippen LogP) is 2.90. The quantitative estimate of drug-likeness (QED) is 0.608. The highest BCUT2D eigenvalue weighted by atomic mass is 35.5. The SMILES string of the molecule is COc1ccc(C(=O)Cn2c(=O)ncn2-c2ccc(C)c(Cl)c2)cc1OC. The summed E-state index contributed by atoms with van der Waals surface area (Å²) in [4.78, 5) is 28.7. The number of rotatable bonds is 6. The molecule has 0 amide bonds. The fourth-order valence-electron chi connectivity index (χ4n) is 2.64. The molecule has 0 aliphatic rings. The summed E-state index contributed by atoms with van der Waals surface area (Å²) < 4.78 is 13.2. The molecule has 0 saturated heterocycles. The average Bonchev–Trinajstić information content (AvgIpc) is 3.03. The molecule has 0 bridgehead atoms. The first-order valence-electron chi connectivity index (χ1n) is 8.11. The number of carbonyl (C=O) groups is 1. The lowest BCUT2D eigenvalue weighted by molar-refractivity contribution is 0.0963. The summed E-state index contributed by atoms with van der Waals surface area (Å²) in [6.45, 7) is 1.70. The van der Waals surface area contributed by atoms with Crippen LogP contribution in [-0.2, 0) is 6.54 Å². The van der Waals surface area contributed by atoms with E-state index in [4.69, 9.17) is 21.1 Å². The molecule has 0 aliphatic carbocycles. The van der Waals surface area contributed by atoms with E-state index in [-0.39, 0.29) is 12.3 Å². The number of ether oxygens (including phenoxy) is 2. The first-order chi connectivity index (χ1) is 12.9. The van der Waals surface area contributed by atoms with E-state index >= 15 is 0 Å². The second-order valence-corrected chi connectivity index (χ2v) is 6.26. The van der Waals surface area contributed by atoms with Gasteiger partial charge in [-0.3, -0.25) is 4.79 Å². The van der Waals surface area contributed by atoms with Crippen molar-refractivity contribution in [3.05, 3.63) is 69.4 Å². The summed E-state index contributed by atoms with van der Waals surface area (Å²) in [5.41, 5.74) is 1.42. The molecule has 0 aliphatic heterocycles. The van der Waals surface area contributed by atoms with Crippen molar-refractivity contribution in [2.45, 2.75) is 13.5 Å². The molecule has 0 spiro atoms. The number of carbonyl (C=O) groups excluding carboxylic acids is 1. The number of ketones is 1. The van der Waals surface area contributed by atoms with E-state index in [1.807, 2.05) is 13.0 Å². The number of aryl methyl sites for hydroxylation is 1. The van der Waals surface area contributed by atoms with Crippen molar-refractivity contribution in [3.63, 3.8) is 0 Å². The molecule has 0 atom stereocenters. The molecule has 3 rings (SSSR count). The summed E-state index contributed by atoms with van der Waals surface area (Å²) >= 11 is 6.17. The van der Waals surface area contributed by atoms with Gasteiger partial charge < -0.3 is 9.47 Å². The highest BCUT2D eigenvalue weighted by molar-refractivity contribution is 6.31. The molecule has 7 nitrogen and oxygen atoms in total. The Morgan fingerprint density at radius 1 is 1.11 bits per heavy atom. The number of methoxy groups -OCH3 is 2. The van der Waals surface area contributed by atoms with Crippen LogP contribution in [0.4, 0.5) is 0 Å². The van der Waals surface area contributed by atoms with Crippen molar-refractivity contribution in [3.8, 4) is 17.2 Å². The second kappa shape index (κ2) is 7.67. The van der Waals surface area contributed by atoms with Gasteiger partial charge in [0.05, 0.1) is 19.9 Å². The third kappa shape index (κ3) is 3.73. The Kier molecular flexibility index (Phi) is 5.32. The van der Waals surface area contributed by atoms with E-state index in [2.05, 4.69) is 4.98 Å². The lowest BCUT2D eigenvalue weighted by atomic mass is 10.1. The summed E-state index contributed by atoms with van der Waals surface area (Å²) in [7, 11) is 3.01. The first kappa shape index (κ1) is 18.7. The van der Waals surface area contributed by atoms with Gasteiger partial charge in [0.2, 0.25) is 0 Å². The van der Waals surface area contributed by atoms with Gasteiger partial charge in [-0.15, -0.1) is 0 Å². The minimum Gasteiger partial charge on any atom is -0.493 e. The van der Waals surface area contributed by atoms with E-state index in [1.165, 1.54) is 29.9 Å². The number of hydrogen-bond acceptors (Lipinski definition) is 5. The van der Waals surface area contributed by atoms with E-state index in [1.54, 1.807) is 30.3 Å². The smallest absolute Gasteiger partial charge is 0.364 e. The molecular formula is C19H18ClN3O4. The van der Waals surface area contributed by atoms with Crippen LogP contribution in [0.2, 0.25) is 5.02 Å². The molecule has 140 valence electrons. The van der Waals surface area contributed by atoms with Crippen molar-refractivity contribution in [2.75, 3.05) is 14.2 Å². The summed E-state index contributed by atoms with van der Waals surface area (Å²) in [6.07, 6.45) is 1.37. The topological polar surface area (TPSA) is 75.4 Å². The normalized spacial score (nSPS) is 10.7. The fraction of sp³-hybridized carbons (Fsp3) is 0.211. The number of nitrogens with zero attached hydrogens (tertiary/aromatic N) is 3. The molecule has 1 aromatic heterocycles. The number of hydrogen-bond donors (Lipinski definition) is 0. The lowest BCUT2D eigenvalue weighted by Gasteiger charge is -2.12. The Morgan fingerprint density at radius 3 is 2.52 bits per heavy atom. The van der Waals surface area contributed by atoms with Gasteiger partial charge in [-0.1, -0.05) is 17.7 Å². The average molecular weight is 388 g/mol. The maximum absolute atomic E-state index is 12.7. The van der Waals surface area contributed by atoms with Gasteiger partial charge in [0.1, 0.15) is 12.9 Å². The van der Waals surface area contributed by atoms with Crippen molar-refractivity contribution in [2.24, 2.45) is 0 Å². The molecule has 0 saturated carbocycles. The Hall–Kier alpha value is -3.06. The Morgan fingerprint density at radius 2 is 1.85 bits per heavy atom. The summed E-state index contributed by atoms with van der Waals surface area (Å²) in [5, 5.41) is 0.561. The van der Waals surface area contributed by atoms with Crippen LogP contribution >= 0.6 is 11.6 Å². The Balaban J connectivity index is 1.94. The van der Waals surface area contributed by atoms with Gasteiger partial charge in [0, 0.05) is 10.6 Å². The summed E-state index contributed by atoms with van der Waals surface area (Å²) in [6, 6.07) is 10.2. The zero-order valence-electron chi connectivity index (χ0n) is 15.1. The van der Waals surface area contributed by atoms with Gasteiger partial charge in [-0.25, -0.2) is 14.2 Å². The van der Waals surface area contributed by atoms with Crippen LogP contribution < -0.4 is 15.2 Å². The molecule has 1 heterocycles. The van der Waals surface area contributed by atoms with Gasteiger partial charge in [-0.05, 0) is 42.8 Å². The number of halogens is 1. The van der Waals surface area contributed by atoms with Crippen LogP contribution in [0, 0.1) is 6.92 Å². The molecule has 2 aromatic carbocycles.